The first-order chi connectivity index (χ1) is 14.2. The molecular formula is C18H15ClF3N5O3. The minimum atomic E-state index is -4.87. The Morgan fingerprint density at radius 2 is 2.00 bits per heavy atom. The molecule has 0 saturated heterocycles. The number of benzene rings is 1. The Bertz CT molecular complexity index is 1070. The minimum Gasteiger partial charge on any atom is -0.493 e. The Hall–Kier alpha value is -3.34. The third-order valence-corrected chi connectivity index (χ3v) is 4.16. The molecule has 12 heteroatoms. The van der Waals surface area contributed by atoms with E-state index in [9.17, 15) is 18.0 Å². The highest BCUT2D eigenvalue weighted by Gasteiger charge is 2.38. The lowest BCUT2D eigenvalue weighted by atomic mass is 10.2. The first-order valence-electron chi connectivity index (χ1n) is 8.36. The van der Waals surface area contributed by atoms with E-state index in [1.807, 2.05) is 6.07 Å². The first kappa shape index (κ1) is 21.4. The lowest BCUT2D eigenvalue weighted by Gasteiger charge is -2.12. The number of aromatic nitrogens is 4. The second-order valence-corrected chi connectivity index (χ2v) is 6.27. The Labute approximate surface area is 173 Å². The maximum Gasteiger partial charge on any atom is 0.434 e. The number of methoxy groups -OCH3 is 2. The van der Waals surface area contributed by atoms with Crippen LogP contribution in [0.3, 0.4) is 0 Å². The summed E-state index contributed by atoms with van der Waals surface area (Å²) in [4.78, 5) is 18.9. The summed E-state index contributed by atoms with van der Waals surface area (Å²) in [7, 11) is 3.02. The standard InChI is InChI=1S/C18H15ClF3N5O3/c1-29-13-5-3-4-10(14(13)30-2)8-27-9-11(6-24-27)25-16(28)12-7-23-17(19)26-15(12)18(20,21)22/h3-7,9H,8H2,1-2H3,(H,25,28). The van der Waals surface area contributed by atoms with Crippen molar-refractivity contribution in [1.82, 2.24) is 19.7 Å². The average molecular weight is 442 g/mol. The fourth-order valence-corrected chi connectivity index (χ4v) is 2.84. The van der Waals surface area contributed by atoms with E-state index >= 15 is 0 Å². The molecule has 1 amide bonds. The molecule has 0 unspecified atom stereocenters. The third kappa shape index (κ3) is 4.62. The highest BCUT2D eigenvalue weighted by atomic mass is 35.5. The first-order valence-corrected chi connectivity index (χ1v) is 8.74. The number of nitrogens with zero attached hydrogens (tertiary/aromatic N) is 4. The van der Waals surface area contributed by atoms with E-state index in [0.29, 0.717) is 11.5 Å². The summed E-state index contributed by atoms with van der Waals surface area (Å²) in [6.45, 7) is 0.272. The number of amides is 1. The molecule has 0 saturated carbocycles. The van der Waals surface area contributed by atoms with Crippen LogP contribution in [0.1, 0.15) is 21.6 Å². The molecule has 1 aromatic carbocycles. The molecule has 0 atom stereocenters. The summed E-state index contributed by atoms with van der Waals surface area (Å²) in [5, 5.41) is 5.84. The Morgan fingerprint density at radius 1 is 1.23 bits per heavy atom. The van der Waals surface area contributed by atoms with Gasteiger partial charge in [-0.15, -0.1) is 0 Å². The van der Waals surface area contributed by atoms with Crippen molar-refractivity contribution in [2.75, 3.05) is 19.5 Å². The number of ether oxygens (including phenoxy) is 2. The number of hydrogen-bond donors (Lipinski definition) is 1. The molecular weight excluding hydrogens is 427 g/mol. The number of hydrogen-bond acceptors (Lipinski definition) is 6. The van der Waals surface area contributed by atoms with Crippen molar-refractivity contribution in [1.29, 1.82) is 0 Å². The van der Waals surface area contributed by atoms with Crippen LogP contribution < -0.4 is 14.8 Å². The molecule has 2 heterocycles. The predicted octanol–water partition coefficient (Wildman–Crippen LogP) is 3.66. The monoisotopic (exact) mass is 441 g/mol. The second kappa shape index (κ2) is 8.57. The number of carbonyl (C=O) groups excluding carboxylic acids is 1. The summed E-state index contributed by atoms with van der Waals surface area (Å²) < 4.78 is 51.5. The van der Waals surface area contributed by atoms with Gasteiger partial charge in [-0.3, -0.25) is 9.48 Å². The molecule has 0 radical (unpaired) electrons. The number of halogens is 4. The van der Waals surface area contributed by atoms with Crippen LogP contribution in [0, 0.1) is 0 Å². The molecule has 0 aliphatic heterocycles. The van der Waals surface area contributed by atoms with Crippen molar-refractivity contribution in [2.45, 2.75) is 12.7 Å². The maximum absolute atomic E-state index is 13.1. The molecule has 8 nitrogen and oxygen atoms in total. The van der Waals surface area contributed by atoms with Crippen LogP contribution in [0.4, 0.5) is 18.9 Å². The average Bonchev–Trinajstić information content (AvgIpc) is 3.13. The minimum absolute atomic E-state index is 0.185. The topological polar surface area (TPSA) is 91.2 Å². The number of carbonyl (C=O) groups is 1. The van der Waals surface area contributed by atoms with Crippen LogP contribution >= 0.6 is 11.6 Å². The van der Waals surface area contributed by atoms with Gasteiger partial charge in [0.15, 0.2) is 17.2 Å². The fourth-order valence-electron chi connectivity index (χ4n) is 2.71. The van der Waals surface area contributed by atoms with Gasteiger partial charge in [0.1, 0.15) is 0 Å². The largest absolute Gasteiger partial charge is 0.493 e. The smallest absolute Gasteiger partial charge is 0.434 e. The van der Waals surface area contributed by atoms with E-state index in [-0.39, 0.29) is 12.2 Å². The number of alkyl halides is 3. The summed E-state index contributed by atoms with van der Waals surface area (Å²) in [6.07, 6.45) is -1.39. The Kier molecular flexibility index (Phi) is 6.11. The van der Waals surface area contributed by atoms with Crippen molar-refractivity contribution < 1.29 is 27.4 Å². The fraction of sp³-hybridized carbons (Fsp3) is 0.222. The van der Waals surface area contributed by atoms with Gasteiger partial charge in [0.25, 0.3) is 5.91 Å². The molecule has 1 N–H and O–H groups in total. The van der Waals surface area contributed by atoms with Crippen molar-refractivity contribution in [3.05, 3.63) is 58.9 Å². The van der Waals surface area contributed by atoms with Crippen LogP contribution in [-0.4, -0.2) is 39.9 Å². The van der Waals surface area contributed by atoms with Crippen LogP contribution in [0.25, 0.3) is 0 Å². The van der Waals surface area contributed by atoms with E-state index in [2.05, 4.69) is 20.4 Å². The van der Waals surface area contributed by atoms with E-state index in [0.717, 1.165) is 11.8 Å². The molecule has 0 aliphatic rings. The molecule has 2 aromatic heterocycles. The van der Waals surface area contributed by atoms with Crippen molar-refractivity contribution in [3.63, 3.8) is 0 Å². The van der Waals surface area contributed by atoms with Gasteiger partial charge in [-0.25, -0.2) is 9.97 Å². The second-order valence-electron chi connectivity index (χ2n) is 5.93. The summed E-state index contributed by atoms with van der Waals surface area (Å²) in [6, 6.07) is 5.33. The highest BCUT2D eigenvalue weighted by molar-refractivity contribution is 6.28. The molecule has 30 heavy (non-hydrogen) atoms. The molecule has 0 bridgehead atoms. The van der Waals surface area contributed by atoms with Gasteiger partial charge >= 0.3 is 6.18 Å². The number of anilines is 1. The van der Waals surface area contributed by atoms with Gasteiger partial charge in [-0.05, 0) is 17.7 Å². The van der Waals surface area contributed by atoms with Crippen LogP contribution in [-0.2, 0) is 12.7 Å². The van der Waals surface area contributed by atoms with E-state index < -0.39 is 28.6 Å². The molecule has 0 aliphatic carbocycles. The third-order valence-electron chi connectivity index (χ3n) is 3.98. The number of nitrogens with one attached hydrogen (secondary N) is 1. The zero-order chi connectivity index (χ0) is 21.9. The van der Waals surface area contributed by atoms with Crippen molar-refractivity contribution in [2.24, 2.45) is 0 Å². The van der Waals surface area contributed by atoms with Crippen LogP contribution in [0.15, 0.2) is 36.8 Å². The highest BCUT2D eigenvalue weighted by Crippen LogP contribution is 2.32. The van der Waals surface area contributed by atoms with Gasteiger partial charge in [0.2, 0.25) is 5.28 Å². The predicted molar refractivity (Wildman–Crippen MR) is 101 cm³/mol. The Morgan fingerprint density at radius 3 is 2.67 bits per heavy atom. The van der Waals surface area contributed by atoms with Gasteiger partial charge < -0.3 is 14.8 Å². The quantitative estimate of drug-likeness (QED) is 0.587. The summed E-state index contributed by atoms with van der Waals surface area (Å²) in [5.41, 5.74) is -1.24. The summed E-state index contributed by atoms with van der Waals surface area (Å²) >= 11 is 5.43. The zero-order valence-electron chi connectivity index (χ0n) is 15.7. The summed E-state index contributed by atoms with van der Waals surface area (Å²) in [5.74, 6) is 0.0184. The maximum atomic E-state index is 13.1. The molecule has 0 spiro atoms. The van der Waals surface area contributed by atoms with Gasteiger partial charge in [-0.1, -0.05) is 12.1 Å². The molecule has 158 valence electrons. The number of para-hydroxylation sites is 1. The van der Waals surface area contributed by atoms with Gasteiger partial charge in [0.05, 0.1) is 38.2 Å². The lowest BCUT2D eigenvalue weighted by molar-refractivity contribution is -0.141. The number of rotatable bonds is 6. The van der Waals surface area contributed by atoms with Crippen molar-refractivity contribution in [3.8, 4) is 11.5 Å². The van der Waals surface area contributed by atoms with E-state index in [1.165, 1.54) is 31.3 Å². The lowest BCUT2D eigenvalue weighted by Crippen LogP contribution is -2.20. The zero-order valence-corrected chi connectivity index (χ0v) is 16.5. The molecule has 3 rings (SSSR count). The van der Waals surface area contributed by atoms with E-state index in [4.69, 9.17) is 21.1 Å². The SMILES string of the molecule is COc1cccc(Cn2cc(NC(=O)c3cnc(Cl)nc3C(F)(F)F)cn2)c1OC. The normalized spacial score (nSPS) is 11.3. The van der Waals surface area contributed by atoms with Gasteiger partial charge in [0, 0.05) is 18.0 Å². The van der Waals surface area contributed by atoms with Crippen LogP contribution in [0.5, 0.6) is 11.5 Å². The van der Waals surface area contributed by atoms with Crippen LogP contribution in [0.2, 0.25) is 5.28 Å². The van der Waals surface area contributed by atoms with Gasteiger partial charge in [-0.2, -0.15) is 18.3 Å². The van der Waals surface area contributed by atoms with E-state index in [1.54, 1.807) is 12.1 Å². The molecule has 3 aromatic rings. The molecule has 0 fully saturated rings. The van der Waals surface area contributed by atoms with Crippen molar-refractivity contribution >= 4 is 23.2 Å². The Balaban J connectivity index is 1.80.